The number of methoxy groups -OCH3 is 1. The fourth-order valence-corrected chi connectivity index (χ4v) is 2.30. The summed E-state index contributed by atoms with van der Waals surface area (Å²) in [7, 11) is 1.62. The van der Waals surface area contributed by atoms with Crippen LogP contribution in [0.15, 0.2) is 53.0 Å². The molecule has 0 radical (unpaired) electrons. The first-order valence-corrected chi connectivity index (χ1v) is 8.00. The van der Waals surface area contributed by atoms with Crippen LogP contribution in [0.4, 0.5) is 5.69 Å². The van der Waals surface area contributed by atoms with E-state index in [1.54, 1.807) is 7.11 Å². The Morgan fingerprint density at radius 3 is 2.48 bits per heavy atom. The van der Waals surface area contributed by atoms with Gasteiger partial charge in [0.2, 0.25) is 5.91 Å². The lowest BCUT2D eigenvalue weighted by molar-refractivity contribution is -0.119. The molecule has 0 aliphatic heterocycles. The van der Waals surface area contributed by atoms with Crippen molar-refractivity contribution in [2.24, 2.45) is 0 Å². The summed E-state index contributed by atoms with van der Waals surface area (Å²) in [5.41, 5.74) is 0.886. The molecule has 0 aliphatic carbocycles. The summed E-state index contributed by atoms with van der Waals surface area (Å²) < 4.78 is 11.5. The summed E-state index contributed by atoms with van der Waals surface area (Å²) in [5, 5.41) is 5.87. The van der Waals surface area contributed by atoms with Gasteiger partial charge in [-0.1, -0.05) is 12.1 Å². The largest absolute Gasteiger partial charge is 0.497 e. The molecule has 2 aromatic rings. The highest BCUT2D eigenvalue weighted by atomic mass is 79.9. The zero-order chi connectivity index (χ0) is 16.5. The molecule has 0 bridgehead atoms. The quantitative estimate of drug-likeness (QED) is 0.693. The Morgan fingerprint density at radius 1 is 1.09 bits per heavy atom. The van der Waals surface area contributed by atoms with E-state index in [4.69, 9.17) is 9.47 Å². The lowest BCUT2D eigenvalue weighted by atomic mass is 10.3. The number of halogens is 1. The van der Waals surface area contributed by atoms with Gasteiger partial charge in [0.25, 0.3) is 0 Å². The summed E-state index contributed by atoms with van der Waals surface area (Å²) in [6.07, 6.45) is 0. The van der Waals surface area contributed by atoms with Crippen molar-refractivity contribution in [2.75, 3.05) is 32.1 Å². The predicted molar refractivity (Wildman–Crippen MR) is 94.1 cm³/mol. The lowest BCUT2D eigenvalue weighted by Gasteiger charge is -2.10. The third-order valence-electron chi connectivity index (χ3n) is 3.07. The van der Waals surface area contributed by atoms with Crippen LogP contribution in [0.25, 0.3) is 0 Å². The van der Waals surface area contributed by atoms with E-state index in [0.717, 1.165) is 21.7 Å². The molecule has 6 heteroatoms. The smallest absolute Gasteiger partial charge is 0.239 e. The molecule has 2 aromatic carbocycles. The summed E-state index contributed by atoms with van der Waals surface area (Å²) >= 11 is 3.42. The van der Waals surface area contributed by atoms with E-state index < -0.39 is 0 Å². The Morgan fingerprint density at radius 2 is 1.78 bits per heavy atom. The molecule has 5 nitrogen and oxygen atoms in total. The van der Waals surface area contributed by atoms with Crippen LogP contribution in [0, 0.1) is 0 Å². The molecule has 0 atom stereocenters. The standard InChI is InChI=1S/C17H19BrN2O3/c1-22-13-6-8-14(9-7-13)23-11-10-19-17(21)12-20-16-5-3-2-4-15(16)18/h2-9,20H,10-12H2,1H3,(H,19,21). The maximum absolute atomic E-state index is 11.8. The number of amides is 1. The van der Waals surface area contributed by atoms with E-state index in [0.29, 0.717) is 13.2 Å². The third-order valence-corrected chi connectivity index (χ3v) is 3.76. The van der Waals surface area contributed by atoms with Crippen LogP contribution in [0.3, 0.4) is 0 Å². The number of carbonyl (C=O) groups excluding carboxylic acids is 1. The van der Waals surface area contributed by atoms with Gasteiger partial charge in [0.15, 0.2) is 0 Å². The van der Waals surface area contributed by atoms with E-state index in [-0.39, 0.29) is 12.5 Å². The Labute approximate surface area is 144 Å². The van der Waals surface area contributed by atoms with E-state index in [2.05, 4.69) is 26.6 Å². The van der Waals surface area contributed by atoms with Crippen LogP contribution in [-0.4, -0.2) is 32.7 Å². The average Bonchev–Trinajstić information content (AvgIpc) is 2.58. The van der Waals surface area contributed by atoms with Crippen molar-refractivity contribution >= 4 is 27.5 Å². The molecular weight excluding hydrogens is 360 g/mol. The molecule has 0 aromatic heterocycles. The second-order valence-electron chi connectivity index (χ2n) is 4.71. The maximum Gasteiger partial charge on any atom is 0.239 e. The molecule has 0 saturated carbocycles. The summed E-state index contributed by atoms with van der Waals surface area (Å²) in [6.45, 7) is 1.07. The minimum atomic E-state index is -0.0842. The first-order chi connectivity index (χ1) is 11.2. The number of nitrogens with one attached hydrogen (secondary N) is 2. The molecule has 23 heavy (non-hydrogen) atoms. The zero-order valence-corrected chi connectivity index (χ0v) is 14.4. The van der Waals surface area contributed by atoms with Gasteiger partial charge in [0.1, 0.15) is 18.1 Å². The summed E-state index contributed by atoms with van der Waals surface area (Å²) in [4.78, 5) is 11.8. The normalized spacial score (nSPS) is 10.0. The second kappa shape index (κ2) is 9.05. The molecule has 1 amide bonds. The molecule has 2 N–H and O–H groups in total. The summed E-state index contributed by atoms with van der Waals surface area (Å²) in [6, 6.07) is 15.0. The van der Waals surface area contributed by atoms with Crippen molar-refractivity contribution in [2.45, 2.75) is 0 Å². The van der Waals surface area contributed by atoms with Gasteiger partial charge in [-0.25, -0.2) is 0 Å². The van der Waals surface area contributed by atoms with Crippen molar-refractivity contribution in [3.8, 4) is 11.5 Å². The maximum atomic E-state index is 11.8. The highest BCUT2D eigenvalue weighted by Crippen LogP contribution is 2.20. The van der Waals surface area contributed by atoms with Gasteiger partial charge in [-0.05, 0) is 52.3 Å². The fourth-order valence-electron chi connectivity index (χ4n) is 1.87. The molecular formula is C17H19BrN2O3. The number of ether oxygens (including phenoxy) is 2. The van der Waals surface area contributed by atoms with Crippen molar-refractivity contribution in [1.82, 2.24) is 5.32 Å². The van der Waals surface area contributed by atoms with Gasteiger partial charge >= 0.3 is 0 Å². The zero-order valence-electron chi connectivity index (χ0n) is 12.8. The van der Waals surface area contributed by atoms with Crippen molar-refractivity contribution < 1.29 is 14.3 Å². The number of para-hydroxylation sites is 1. The molecule has 0 heterocycles. The van der Waals surface area contributed by atoms with Crippen LogP contribution in [-0.2, 0) is 4.79 Å². The van der Waals surface area contributed by atoms with Crippen molar-refractivity contribution in [3.05, 3.63) is 53.0 Å². The van der Waals surface area contributed by atoms with Crippen LogP contribution in [0.1, 0.15) is 0 Å². The summed E-state index contributed by atoms with van der Waals surface area (Å²) in [5.74, 6) is 1.44. The highest BCUT2D eigenvalue weighted by molar-refractivity contribution is 9.10. The molecule has 122 valence electrons. The number of rotatable bonds is 8. The van der Waals surface area contributed by atoms with Crippen molar-refractivity contribution in [3.63, 3.8) is 0 Å². The fraction of sp³-hybridized carbons (Fsp3) is 0.235. The van der Waals surface area contributed by atoms with Gasteiger partial charge in [-0.3, -0.25) is 4.79 Å². The van der Waals surface area contributed by atoms with E-state index in [9.17, 15) is 4.79 Å². The van der Waals surface area contributed by atoms with E-state index in [1.165, 1.54) is 0 Å². The number of hydrogen-bond donors (Lipinski definition) is 2. The Balaban J connectivity index is 1.63. The molecule has 2 rings (SSSR count). The van der Waals surface area contributed by atoms with Crippen LogP contribution in [0.5, 0.6) is 11.5 Å². The second-order valence-corrected chi connectivity index (χ2v) is 5.56. The number of hydrogen-bond acceptors (Lipinski definition) is 4. The topological polar surface area (TPSA) is 59.6 Å². The monoisotopic (exact) mass is 378 g/mol. The van der Waals surface area contributed by atoms with Crippen LogP contribution >= 0.6 is 15.9 Å². The SMILES string of the molecule is COc1ccc(OCCNC(=O)CNc2ccccc2Br)cc1. The van der Waals surface area contributed by atoms with Crippen molar-refractivity contribution in [1.29, 1.82) is 0 Å². The van der Waals surface area contributed by atoms with Crippen LogP contribution in [0.2, 0.25) is 0 Å². The highest BCUT2D eigenvalue weighted by Gasteiger charge is 2.03. The number of benzene rings is 2. The average molecular weight is 379 g/mol. The Bertz CT molecular complexity index is 632. The Hall–Kier alpha value is -2.21. The molecule has 0 unspecified atom stereocenters. The first kappa shape index (κ1) is 17.1. The van der Waals surface area contributed by atoms with Gasteiger partial charge in [-0.15, -0.1) is 0 Å². The third kappa shape index (κ3) is 5.83. The van der Waals surface area contributed by atoms with Gasteiger partial charge < -0.3 is 20.1 Å². The van der Waals surface area contributed by atoms with Crippen LogP contribution < -0.4 is 20.1 Å². The minimum absolute atomic E-state index is 0.0842. The predicted octanol–water partition coefficient (Wildman–Crippen LogP) is 3.06. The lowest BCUT2D eigenvalue weighted by Crippen LogP contribution is -2.33. The molecule has 0 fully saturated rings. The van der Waals surface area contributed by atoms with Gasteiger partial charge in [0.05, 0.1) is 20.2 Å². The number of anilines is 1. The molecule has 0 spiro atoms. The molecule has 0 saturated heterocycles. The first-order valence-electron chi connectivity index (χ1n) is 7.21. The van der Waals surface area contributed by atoms with E-state index >= 15 is 0 Å². The van der Waals surface area contributed by atoms with Gasteiger partial charge in [0, 0.05) is 10.2 Å². The number of carbonyl (C=O) groups is 1. The van der Waals surface area contributed by atoms with Gasteiger partial charge in [-0.2, -0.15) is 0 Å². The van der Waals surface area contributed by atoms with E-state index in [1.807, 2.05) is 48.5 Å². The minimum Gasteiger partial charge on any atom is -0.497 e. The molecule has 0 aliphatic rings. The Kier molecular flexibility index (Phi) is 6.75.